The van der Waals surface area contributed by atoms with E-state index in [0.717, 1.165) is 11.4 Å². The molecule has 0 aliphatic carbocycles. The lowest BCUT2D eigenvalue weighted by Crippen LogP contribution is -2.34. The van der Waals surface area contributed by atoms with Gasteiger partial charge in [0.25, 0.3) is 0 Å². The third-order valence-corrected chi connectivity index (χ3v) is 3.55. The summed E-state index contributed by atoms with van der Waals surface area (Å²) in [6.07, 6.45) is 2.78. The number of nitriles is 2. The van der Waals surface area contributed by atoms with Crippen LogP contribution in [0.15, 0.2) is 35.2 Å². The molecule has 0 aromatic carbocycles. The fraction of sp³-hybridized carbons (Fsp3) is 0.357. The van der Waals surface area contributed by atoms with Crippen LogP contribution in [0.1, 0.15) is 27.7 Å². The van der Waals surface area contributed by atoms with E-state index in [9.17, 15) is 10.5 Å². The van der Waals surface area contributed by atoms with Gasteiger partial charge in [0.2, 0.25) is 5.95 Å². The molecule has 0 saturated carbocycles. The summed E-state index contributed by atoms with van der Waals surface area (Å²) in [6, 6.07) is 4.42. The molecule has 1 aliphatic rings. The second-order valence-electron chi connectivity index (χ2n) is 5.04. The van der Waals surface area contributed by atoms with E-state index in [1.54, 1.807) is 4.90 Å². The molecule has 0 saturated heterocycles. The summed E-state index contributed by atoms with van der Waals surface area (Å²) in [7, 11) is 0. The molecular weight excluding hydrogens is 252 g/mol. The lowest BCUT2D eigenvalue weighted by atomic mass is 9.74. The summed E-state index contributed by atoms with van der Waals surface area (Å²) < 4.78 is 0. The van der Waals surface area contributed by atoms with Crippen LogP contribution in [0.4, 0.5) is 5.95 Å². The maximum Gasteiger partial charge on any atom is 0.237 e. The standard InChI is InChI=1S/C14H14N6/c1-9-11(5-15)14(3,4)12(6-16)10(2)20(9)13-18-7-17-8-19-13/h7-8H,1-4H3. The minimum atomic E-state index is -0.610. The first-order chi connectivity index (χ1) is 9.45. The van der Waals surface area contributed by atoms with Crippen molar-refractivity contribution in [1.29, 1.82) is 10.5 Å². The molecule has 0 radical (unpaired) electrons. The molecule has 1 aliphatic heterocycles. The maximum atomic E-state index is 9.44. The van der Waals surface area contributed by atoms with Crippen LogP contribution in [0.3, 0.4) is 0 Å². The first-order valence-electron chi connectivity index (χ1n) is 6.10. The van der Waals surface area contributed by atoms with E-state index < -0.39 is 5.41 Å². The molecule has 0 amide bonds. The third kappa shape index (κ3) is 1.83. The van der Waals surface area contributed by atoms with Crippen LogP contribution in [0, 0.1) is 28.1 Å². The second-order valence-corrected chi connectivity index (χ2v) is 5.04. The number of allylic oxidation sites excluding steroid dienone is 4. The van der Waals surface area contributed by atoms with Crippen molar-refractivity contribution in [3.8, 4) is 12.1 Å². The quantitative estimate of drug-likeness (QED) is 0.774. The molecule has 2 rings (SSSR count). The van der Waals surface area contributed by atoms with Crippen LogP contribution in [-0.2, 0) is 0 Å². The zero-order chi connectivity index (χ0) is 14.9. The summed E-state index contributed by atoms with van der Waals surface area (Å²) in [5.74, 6) is 0.408. The van der Waals surface area contributed by atoms with Crippen LogP contribution in [-0.4, -0.2) is 15.0 Å². The van der Waals surface area contributed by atoms with E-state index in [1.165, 1.54) is 12.7 Å². The van der Waals surface area contributed by atoms with E-state index >= 15 is 0 Å². The van der Waals surface area contributed by atoms with Crippen molar-refractivity contribution in [1.82, 2.24) is 15.0 Å². The summed E-state index contributed by atoms with van der Waals surface area (Å²) >= 11 is 0. The van der Waals surface area contributed by atoms with E-state index in [-0.39, 0.29) is 0 Å². The molecule has 6 nitrogen and oxygen atoms in total. The highest BCUT2D eigenvalue weighted by atomic mass is 15.3. The van der Waals surface area contributed by atoms with Crippen molar-refractivity contribution in [2.45, 2.75) is 27.7 Å². The van der Waals surface area contributed by atoms with Crippen molar-refractivity contribution in [2.24, 2.45) is 5.41 Å². The summed E-state index contributed by atoms with van der Waals surface area (Å²) in [5, 5.41) is 18.9. The molecule has 0 N–H and O–H groups in total. The smallest absolute Gasteiger partial charge is 0.237 e. The molecule has 2 heterocycles. The van der Waals surface area contributed by atoms with Crippen molar-refractivity contribution < 1.29 is 0 Å². The number of anilines is 1. The highest BCUT2D eigenvalue weighted by Gasteiger charge is 2.39. The molecule has 1 aromatic heterocycles. The van der Waals surface area contributed by atoms with Gasteiger partial charge in [-0.1, -0.05) is 13.8 Å². The Labute approximate surface area is 117 Å². The lowest BCUT2D eigenvalue weighted by molar-refractivity contribution is 0.542. The monoisotopic (exact) mass is 266 g/mol. The molecule has 0 bridgehead atoms. The minimum Gasteiger partial charge on any atom is -0.285 e. The van der Waals surface area contributed by atoms with Gasteiger partial charge in [-0.05, 0) is 13.8 Å². The molecule has 6 heteroatoms. The van der Waals surface area contributed by atoms with Gasteiger partial charge in [0.05, 0.1) is 23.3 Å². The normalized spacial score (nSPS) is 17.8. The van der Waals surface area contributed by atoms with Crippen molar-refractivity contribution in [3.05, 3.63) is 35.2 Å². The fourth-order valence-corrected chi connectivity index (χ4v) is 2.59. The summed E-state index contributed by atoms with van der Waals surface area (Å²) in [4.78, 5) is 13.7. The number of hydrogen-bond acceptors (Lipinski definition) is 6. The SMILES string of the molecule is CC1=C(C#N)C(C)(C)C(C#N)=C(C)N1c1ncncn1. The highest BCUT2D eigenvalue weighted by Crippen LogP contribution is 2.44. The van der Waals surface area contributed by atoms with E-state index in [0.29, 0.717) is 17.1 Å². The largest absolute Gasteiger partial charge is 0.285 e. The molecule has 0 atom stereocenters. The van der Waals surface area contributed by atoms with Gasteiger partial charge in [0.15, 0.2) is 0 Å². The molecule has 1 aromatic rings. The number of nitrogens with zero attached hydrogens (tertiary/aromatic N) is 6. The average Bonchev–Trinajstić information content (AvgIpc) is 2.40. The van der Waals surface area contributed by atoms with Crippen molar-refractivity contribution >= 4 is 5.95 Å². The lowest BCUT2D eigenvalue weighted by Gasteiger charge is -2.37. The molecule has 0 fully saturated rings. The Bertz CT molecular complexity index is 645. The Balaban J connectivity index is 2.73. The molecule has 20 heavy (non-hydrogen) atoms. The van der Waals surface area contributed by atoms with Crippen LogP contribution >= 0.6 is 0 Å². The number of hydrogen-bond donors (Lipinski definition) is 0. The Kier molecular flexibility index (Phi) is 3.25. The molecule has 0 unspecified atom stereocenters. The van der Waals surface area contributed by atoms with Crippen molar-refractivity contribution in [2.75, 3.05) is 4.90 Å². The Hall–Kier alpha value is -2.73. The average molecular weight is 266 g/mol. The minimum absolute atomic E-state index is 0.408. The molecular formula is C14H14N6. The topological polar surface area (TPSA) is 89.5 Å². The predicted octanol–water partition coefficient (Wildman–Crippen LogP) is 2.31. The van der Waals surface area contributed by atoms with Gasteiger partial charge in [-0.3, -0.25) is 4.90 Å². The van der Waals surface area contributed by atoms with Gasteiger partial charge in [-0.15, -0.1) is 0 Å². The van der Waals surface area contributed by atoms with E-state index in [1.807, 2.05) is 27.7 Å². The van der Waals surface area contributed by atoms with Gasteiger partial charge in [-0.2, -0.15) is 10.5 Å². The van der Waals surface area contributed by atoms with Gasteiger partial charge in [0.1, 0.15) is 12.7 Å². The third-order valence-electron chi connectivity index (χ3n) is 3.55. The van der Waals surface area contributed by atoms with Gasteiger partial charge >= 0.3 is 0 Å². The maximum absolute atomic E-state index is 9.44. The van der Waals surface area contributed by atoms with Gasteiger partial charge in [-0.25, -0.2) is 15.0 Å². The predicted molar refractivity (Wildman–Crippen MR) is 72.7 cm³/mol. The number of rotatable bonds is 1. The zero-order valence-corrected chi connectivity index (χ0v) is 11.8. The summed E-state index contributed by atoms with van der Waals surface area (Å²) in [6.45, 7) is 7.42. The number of aromatic nitrogens is 3. The van der Waals surface area contributed by atoms with Crippen LogP contribution < -0.4 is 4.90 Å². The highest BCUT2D eigenvalue weighted by molar-refractivity contribution is 5.62. The van der Waals surface area contributed by atoms with Gasteiger partial charge < -0.3 is 0 Å². The summed E-state index contributed by atoms with van der Waals surface area (Å²) in [5.41, 5.74) is 1.95. The van der Waals surface area contributed by atoms with Crippen LogP contribution in [0.25, 0.3) is 0 Å². The fourth-order valence-electron chi connectivity index (χ4n) is 2.59. The first-order valence-corrected chi connectivity index (χ1v) is 6.10. The van der Waals surface area contributed by atoms with Gasteiger partial charge in [0, 0.05) is 16.8 Å². The van der Waals surface area contributed by atoms with Crippen LogP contribution in [0.5, 0.6) is 0 Å². The second kappa shape index (κ2) is 4.75. The molecule has 100 valence electrons. The van der Waals surface area contributed by atoms with Crippen LogP contribution in [0.2, 0.25) is 0 Å². The van der Waals surface area contributed by atoms with Crippen molar-refractivity contribution in [3.63, 3.8) is 0 Å². The first kappa shape index (κ1) is 13.7. The van der Waals surface area contributed by atoms with E-state index in [4.69, 9.17) is 0 Å². The van der Waals surface area contributed by atoms with E-state index in [2.05, 4.69) is 27.1 Å². The zero-order valence-electron chi connectivity index (χ0n) is 11.8. The Morgan fingerprint density at radius 3 is 1.85 bits per heavy atom. The molecule has 0 spiro atoms. The Morgan fingerprint density at radius 1 is 1.00 bits per heavy atom. The Morgan fingerprint density at radius 2 is 1.45 bits per heavy atom.